The molecule has 2 aromatic rings. The van der Waals surface area contributed by atoms with Crippen molar-refractivity contribution in [2.24, 2.45) is 0 Å². The van der Waals surface area contributed by atoms with Crippen molar-refractivity contribution in [2.45, 2.75) is 6.92 Å². The zero-order valence-corrected chi connectivity index (χ0v) is 14.7. The largest absolute Gasteiger partial charge is 0.497 e. The Morgan fingerprint density at radius 3 is 2.50 bits per heavy atom. The Bertz CT molecular complexity index is 880. The van der Waals surface area contributed by atoms with Crippen LogP contribution in [-0.4, -0.2) is 32.6 Å². The lowest BCUT2D eigenvalue weighted by Crippen LogP contribution is -2.12. The predicted octanol–water partition coefficient (Wildman–Crippen LogP) is 3.17. The van der Waals surface area contributed by atoms with Crippen molar-refractivity contribution in [1.82, 2.24) is 0 Å². The van der Waals surface area contributed by atoms with Crippen molar-refractivity contribution in [3.05, 3.63) is 58.8 Å². The number of ketones is 1. The molecule has 134 valence electrons. The number of benzene rings is 2. The summed E-state index contributed by atoms with van der Waals surface area (Å²) in [5.41, 5.74) is 2.03. The molecule has 1 aliphatic rings. The Labute approximate surface area is 150 Å². The third-order valence-electron chi connectivity index (χ3n) is 3.94. The minimum absolute atomic E-state index is 0.187. The smallest absolute Gasteiger partial charge is 0.343 e. The molecule has 1 heterocycles. The highest BCUT2D eigenvalue weighted by Gasteiger charge is 2.30. The van der Waals surface area contributed by atoms with Gasteiger partial charge in [0.2, 0.25) is 5.78 Å². The normalized spacial score (nSPS) is 14.0. The summed E-state index contributed by atoms with van der Waals surface area (Å²) < 4.78 is 20.8. The number of Topliss-reactive ketones (excluding diaryl/α,β-unsaturated/α-hetero) is 1. The Balaban J connectivity index is 1.84. The van der Waals surface area contributed by atoms with E-state index < -0.39 is 5.97 Å². The third kappa shape index (κ3) is 3.54. The van der Waals surface area contributed by atoms with Crippen LogP contribution in [-0.2, 0) is 9.53 Å². The first kappa shape index (κ1) is 17.5. The van der Waals surface area contributed by atoms with Gasteiger partial charge >= 0.3 is 5.97 Å². The summed E-state index contributed by atoms with van der Waals surface area (Å²) in [6.45, 7) is 1.58. The van der Waals surface area contributed by atoms with Gasteiger partial charge in [0.1, 0.15) is 17.2 Å². The van der Waals surface area contributed by atoms with Crippen molar-refractivity contribution in [2.75, 3.05) is 20.8 Å². The van der Waals surface area contributed by atoms with Gasteiger partial charge in [-0.25, -0.2) is 4.79 Å². The Morgan fingerprint density at radius 1 is 1.12 bits per heavy atom. The summed E-state index contributed by atoms with van der Waals surface area (Å²) in [6.07, 6.45) is 1.68. The second kappa shape index (κ2) is 7.31. The Hall–Kier alpha value is -3.28. The molecule has 0 N–H and O–H groups in total. The summed E-state index contributed by atoms with van der Waals surface area (Å²) >= 11 is 0. The maximum Gasteiger partial charge on any atom is 0.343 e. The molecular formula is C20H18O6. The molecule has 0 saturated heterocycles. The molecule has 2 aromatic carbocycles. The molecule has 0 atom stereocenters. The number of rotatable bonds is 5. The Kier molecular flexibility index (Phi) is 4.93. The lowest BCUT2D eigenvalue weighted by molar-refractivity contribution is -0.142. The molecule has 0 spiro atoms. The van der Waals surface area contributed by atoms with Gasteiger partial charge in [0, 0.05) is 6.07 Å². The first-order valence-electron chi connectivity index (χ1n) is 7.94. The number of carbonyl (C=O) groups excluding carboxylic acids is 2. The van der Waals surface area contributed by atoms with Crippen LogP contribution in [0.3, 0.4) is 0 Å². The number of methoxy groups -OCH3 is 2. The van der Waals surface area contributed by atoms with E-state index in [-0.39, 0.29) is 18.1 Å². The van der Waals surface area contributed by atoms with Crippen molar-refractivity contribution >= 4 is 17.8 Å². The lowest BCUT2D eigenvalue weighted by atomic mass is 10.0. The molecule has 0 fully saturated rings. The van der Waals surface area contributed by atoms with Crippen LogP contribution in [0.2, 0.25) is 0 Å². The summed E-state index contributed by atoms with van der Waals surface area (Å²) in [7, 11) is 2.88. The molecule has 0 radical (unpaired) electrons. The van der Waals surface area contributed by atoms with Crippen LogP contribution in [0.25, 0.3) is 6.08 Å². The number of carbonyl (C=O) groups is 2. The SMILES string of the molecule is COC(=O)COc1cc(C)c2c(c1)O/C(=C\c1ccc(OC)cc1)C2=O. The van der Waals surface area contributed by atoms with Gasteiger partial charge in [-0.3, -0.25) is 4.79 Å². The number of fused-ring (bicyclic) bond motifs is 1. The van der Waals surface area contributed by atoms with E-state index in [1.807, 2.05) is 24.3 Å². The van der Waals surface area contributed by atoms with Crippen molar-refractivity contribution < 1.29 is 28.5 Å². The monoisotopic (exact) mass is 354 g/mol. The highest BCUT2D eigenvalue weighted by Crippen LogP contribution is 2.37. The molecule has 0 saturated carbocycles. The zero-order chi connectivity index (χ0) is 18.7. The van der Waals surface area contributed by atoms with E-state index in [2.05, 4.69) is 4.74 Å². The predicted molar refractivity (Wildman–Crippen MR) is 94.6 cm³/mol. The molecule has 0 aromatic heterocycles. The number of ether oxygens (including phenoxy) is 4. The van der Waals surface area contributed by atoms with Crippen LogP contribution >= 0.6 is 0 Å². The second-order valence-corrected chi connectivity index (χ2v) is 5.69. The number of aryl methyl sites for hydroxylation is 1. The van der Waals surface area contributed by atoms with Gasteiger partial charge in [0.25, 0.3) is 0 Å². The molecule has 0 bridgehead atoms. The highest BCUT2D eigenvalue weighted by atomic mass is 16.6. The Morgan fingerprint density at radius 2 is 1.85 bits per heavy atom. The van der Waals surface area contributed by atoms with E-state index in [0.29, 0.717) is 22.6 Å². The quantitative estimate of drug-likeness (QED) is 0.607. The van der Waals surface area contributed by atoms with Crippen LogP contribution in [0.15, 0.2) is 42.2 Å². The van der Waals surface area contributed by atoms with Gasteiger partial charge < -0.3 is 18.9 Å². The lowest BCUT2D eigenvalue weighted by Gasteiger charge is -2.08. The van der Waals surface area contributed by atoms with Gasteiger partial charge in [-0.15, -0.1) is 0 Å². The van der Waals surface area contributed by atoms with E-state index in [4.69, 9.17) is 14.2 Å². The summed E-state index contributed by atoms with van der Waals surface area (Å²) in [6, 6.07) is 10.6. The van der Waals surface area contributed by atoms with Gasteiger partial charge in [-0.2, -0.15) is 0 Å². The van der Waals surface area contributed by atoms with E-state index in [9.17, 15) is 9.59 Å². The van der Waals surface area contributed by atoms with Crippen LogP contribution < -0.4 is 14.2 Å². The fourth-order valence-electron chi connectivity index (χ4n) is 2.61. The fraction of sp³-hybridized carbons (Fsp3) is 0.200. The van der Waals surface area contributed by atoms with Crippen LogP contribution in [0.5, 0.6) is 17.2 Å². The van der Waals surface area contributed by atoms with E-state index >= 15 is 0 Å². The third-order valence-corrected chi connectivity index (χ3v) is 3.94. The first-order valence-corrected chi connectivity index (χ1v) is 7.94. The summed E-state index contributed by atoms with van der Waals surface area (Å²) in [5.74, 6) is 1.14. The van der Waals surface area contributed by atoms with Gasteiger partial charge in [0.05, 0.1) is 19.8 Å². The standard InChI is InChI=1S/C20H18O6/c1-12-8-15(25-11-18(21)24-3)10-16-19(12)20(22)17(26-16)9-13-4-6-14(23-2)7-5-13/h4-10H,11H2,1-3H3/b17-9-. The molecule has 6 nitrogen and oxygen atoms in total. The van der Waals surface area contributed by atoms with E-state index in [1.165, 1.54) is 7.11 Å². The summed E-state index contributed by atoms with van der Waals surface area (Å²) in [4.78, 5) is 23.8. The van der Waals surface area contributed by atoms with Gasteiger partial charge in [-0.1, -0.05) is 12.1 Å². The average molecular weight is 354 g/mol. The molecule has 6 heteroatoms. The highest BCUT2D eigenvalue weighted by molar-refractivity contribution is 6.15. The molecular weight excluding hydrogens is 336 g/mol. The van der Waals surface area contributed by atoms with Crippen LogP contribution in [0, 0.1) is 6.92 Å². The minimum Gasteiger partial charge on any atom is -0.497 e. The number of hydrogen-bond acceptors (Lipinski definition) is 6. The van der Waals surface area contributed by atoms with E-state index in [1.54, 1.807) is 32.2 Å². The fourth-order valence-corrected chi connectivity index (χ4v) is 2.61. The zero-order valence-electron chi connectivity index (χ0n) is 14.7. The number of esters is 1. The van der Waals surface area contributed by atoms with Crippen molar-refractivity contribution in [3.8, 4) is 17.2 Å². The second-order valence-electron chi connectivity index (χ2n) is 5.69. The maximum atomic E-state index is 12.6. The molecule has 3 rings (SSSR count). The summed E-state index contributed by atoms with van der Waals surface area (Å²) in [5, 5.41) is 0. The average Bonchev–Trinajstić information content (AvgIpc) is 2.96. The van der Waals surface area contributed by atoms with Crippen molar-refractivity contribution in [3.63, 3.8) is 0 Å². The number of allylic oxidation sites excluding steroid dienone is 1. The van der Waals surface area contributed by atoms with Crippen LogP contribution in [0.1, 0.15) is 21.5 Å². The molecule has 0 aliphatic carbocycles. The topological polar surface area (TPSA) is 71.1 Å². The van der Waals surface area contributed by atoms with Gasteiger partial charge in [0.15, 0.2) is 12.4 Å². The number of hydrogen-bond donors (Lipinski definition) is 0. The maximum absolute atomic E-state index is 12.6. The van der Waals surface area contributed by atoms with Gasteiger partial charge in [-0.05, 0) is 42.3 Å². The minimum atomic E-state index is -0.486. The molecule has 0 unspecified atom stereocenters. The van der Waals surface area contributed by atoms with Crippen LogP contribution in [0.4, 0.5) is 0 Å². The first-order chi connectivity index (χ1) is 12.5. The molecule has 1 aliphatic heterocycles. The van der Waals surface area contributed by atoms with E-state index in [0.717, 1.165) is 11.3 Å². The van der Waals surface area contributed by atoms with Crippen molar-refractivity contribution in [1.29, 1.82) is 0 Å². The molecule has 0 amide bonds. The molecule has 26 heavy (non-hydrogen) atoms.